The number of hydrogen-bond acceptors (Lipinski definition) is 6. The number of carbonyl (C=O) groups is 1. The van der Waals surface area contributed by atoms with E-state index in [1.807, 2.05) is 102 Å². The molecule has 2 aliphatic heterocycles. The summed E-state index contributed by atoms with van der Waals surface area (Å²) in [6.07, 6.45) is 3.89. The third-order valence-electron chi connectivity index (χ3n) is 8.00. The van der Waals surface area contributed by atoms with E-state index in [9.17, 15) is 4.79 Å². The van der Waals surface area contributed by atoms with Crippen LogP contribution in [-0.2, 0) is 17.9 Å². The van der Waals surface area contributed by atoms with Crippen molar-refractivity contribution in [2.45, 2.75) is 13.2 Å². The smallest absolute Gasteiger partial charge is 0.286 e. The lowest BCUT2D eigenvalue weighted by Gasteiger charge is -2.35. The van der Waals surface area contributed by atoms with Gasteiger partial charge in [-0.3, -0.25) is 9.69 Å². The zero-order valence-electron chi connectivity index (χ0n) is 25.1. The number of ether oxygens (including phenoxy) is 1. The first kappa shape index (κ1) is 30.0. The van der Waals surface area contributed by atoms with Crippen LogP contribution in [0.2, 0.25) is 5.02 Å². The second-order valence-electron chi connectivity index (χ2n) is 11.2. The fraction of sp³-hybridized carbons (Fsp3) is 0.162. The lowest BCUT2D eigenvalue weighted by Crippen LogP contribution is -2.47. The number of piperazine rings is 1. The number of halogens is 1. The molecule has 5 aromatic rings. The minimum Gasteiger partial charge on any atom is -0.489 e. The average molecular weight is 646 g/mol. The van der Waals surface area contributed by atoms with Crippen LogP contribution in [0.1, 0.15) is 16.7 Å². The average Bonchev–Trinajstić information content (AvgIpc) is 3.69. The first-order valence-corrected chi connectivity index (χ1v) is 16.4. The summed E-state index contributed by atoms with van der Waals surface area (Å²) in [4.78, 5) is 22.9. The van der Waals surface area contributed by atoms with Gasteiger partial charge in [0, 0.05) is 55.1 Å². The fourth-order valence-electron chi connectivity index (χ4n) is 5.50. The molecule has 3 heterocycles. The molecule has 46 heavy (non-hydrogen) atoms. The number of nitrogens with zero attached hydrogens (tertiary/aromatic N) is 5. The molecule has 1 saturated heterocycles. The molecule has 0 atom stereocenters. The molecule has 0 spiro atoms. The maximum absolute atomic E-state index is 13.1. The summed E-state index contributed by atoms with van der Waals surface area (Å²) >= 11 is 7.45. The predicted molar refractivity (Wildman–Crippen MR) is 186 cm³/mol. The molecule has 0 bridgehead atoms. The number of hydrogen-bond donors (Lipinski definition) is 0. The van der Waals surface area contributed by atoms with Crippen molar-refractivity contribution in [1.82, 2.24) is 19.6 Å². The molecule has 9 heteroatoms. The van der Waals surface area contributed by atoms with Crippen molar-refractivity contribution in [3.8, 4) is 22.7 Å². The normalized spacial score (nSPS) is 16.2. The number of thioether (sulfide) groups is 1. The number of aliphatic imine (C=N–C) groups is 1. The molecule has 1 aromatic heterocycles. The number of benzene rings is 4. The van der Waals surface area contributed by atoms with Gasteiger partial charge in [0.2, 0.25) is 0 Å². The topological polar surface area (TPSA) is 63.0 Å². The van der Waals surface area contributed by atoms with Crippen LogP contribution < -0.4 is 4.74 Å². The summed E-state index contributed by atoms with van der Waals surface area (Å²) in [5, 5.41) is 6.42. The van der Waals surface area contributed by atoms with Gasteiger partial charge < -0.3 is 9.64 Å². The van der Waals surface area contributed by atoms with Gasteiger partial charge in [0.05, 0.1) is 16.3 Å². The molecule has 230 valence electrons. The summed E-state index contributed by atoms with van der Waals surface area (Å²) in [6, 6.07) is 36.0. The van der Waals surface area contributed by atoms with Crippen molar-refractivity contribution in [2.75, 3.05) is 26.2 Å². The van der Waals surface area contributed by atoms with Gasteiger partial charge >= 0.3 is 0 Å². The zero-order valence-corrected chi connectivity index (χ0v) is 26.7. The van der Waals surface area contributed by atoms with E-state index < -0.39 is 0 Å². The van der Waals surface area contributed by atoms with Crippen LogP contribution in [0.25, 0.3) is 23.0 Å². The van der Waals surface area contributed by atoms with Crippen LogP contribution in [0, 0.1) is 0 Å². The third kappa shape index (κ3) is 7.10. The van der Waals surface area contributed by atoms with Crippen LogP contribution in [0.5, 0.6) is 5.75 Å². The Morgan fingerprint density at radius 3 is 2.22 bits per heavy atom. The molecule has 0 radical (unpaired) electrons. The molecule has 4 aromatic carbocycles. The van der Waals surface area contributed by atoms with E-state index in [0.717, 1.165) is 71.7 Å². The molecular formula is C37H32ClN5O2S. The molecule has 0 unspecified atom stereocenters. The zero-order chi connectivity index (χ0) is 31.3. The highest BCUT2D eigenvalue weighted by atomic mass is 35.5. The van der Waals surface area contributed by atoms with Gasteiger partial charge in [-0.25, -0.2) is 4.68 Å². The standard InChI is InChI=1S/C37H32ClN5O2S/c38-31-15-11-28(12-16-31)26-45-33-17-13-29(14-18-33)35-30(25-43(40-35)32-9-5-2-6-10-32)23-34-36(44)39-37(46-34)42-21-19-41(20-22-42)24-27-7-3-1-4-8-27/h1-18,23,25H,19-22,24,26H2. The lowest BCUT2D eigenvalue weighted by molar-refractivity contribution is -0.113. The summed E-state index contributed by atoms with van der Waals surface area (Å²) in [7, 11) is 0. The number of rotatable bonds is 8. The Balaban J connectivity index is 1.07. The molecule has 1 fully saturated rings. The summed E-state index contributed by atoms with van der Waals surface area (Å²) in [5.74, 6) is 0.542. The number of carbonyl (C=O) groups excluding carboxylic acids is 1. The van der Waals surface area contributed by atoms with Gasteiger partial charge in [-0.15, -0.1) is 0 Å². The van der Waals surface area contributed by atoms with Crippen molar-refractivity contribution in [1.29, 1.82) is 0 Å². The molecule has 1 amide bonds. The van der Waals surface area contributed by atoms with E-state index in [0.29, 0.717) is 16.5 Å². The van der Waals surface area contributed by atoms with Crippen molar-refractivity contribution < 1.29 is 9.53 Å². The molecule has 0 saturated carbocycles. The van der Waals surface area contributed by atoms with E-state index in [2.05, 4.69) is 39.1 Å². The predicted octanol–water partition coefficient (Wildman–Crippen LogP) is 7.56. The van der Waals surface area contributed by atoms with Gasteiger partial charge in [0.25, 0.3) is 5.91 Å². The second-order valence-corrected chi connectivity index (χ2v) is 12.7. The fourth-order valence-corrected chi connectivity index (χ4v) is 6.58. The highest BCUT2D eigenvalue weighted by Gasteiger charge is 2.29. The number of amides is 1. The Bertz CT molecular complexity index is 1870. The minimum atomic E-state index is -0.212. The van der Waals surface area contributed by atoms with Gasteiger partial charge in [-0.05, 0) is 77.5 Å². The quantitative estimate of drug-likeness (QED) is 0.162. The Labute approximate surface area is 277 Å². The largest absolute Gasteiger partial charge is 0.489 e. The molecule has 2 aliphatic rings. The van der Waals surface area contributed by atoms with E-state index in [1.165, 1.54) is 17.3 Å². The van der Waals surface area contributed by atoms with Crippen molar-refractivity contribution in [2.24, 2.45) is 4.99 Å². The highest BCUT2D eigenvalue weighted by molar-refractivity contribution is 8.18. The number of para-hydroxylation sites is 1. The van der Waals surface area contributed by atoms with Gasteiger partial charge in [0.15, 0.2) is 5.17 Å². The van der Waals surface area contributed by atoms with Crippen LogP contribution in [0.15, 0.2) is 125 Å². The maximum Gasteiger partial charge on any atom is 0.286 e. The maximum atomic E-state index is 13.1. The first-order valence-electron chi connectivity index (χ1n) is 15.2. The summed E-state index contributed by atoms with van der Waals surface area (Å²) < 4.78 is 7.86. The Hall–Kier alpha value is -4.63. The van der Waals surface area contributed by atoms with Crippen LogP contribution in [0.3, 0.4) is 0 Å². The molecule has 0 N–H and O–H groups in total. The van der Waals surface area contributed by atoms with Crippen LogP contribution >= 0.6 is 23.4 Å². The monoisotopic (exact) mass is 645 g/mol. The third-order valence-corrected chi connectivity index (χ3v) is 9.29. The van der Waals surface area contributed by atoms with E-state index in [4.69, 9.17) is 21.4 Å². The first-order chi connectivity index (χ1) is 22.6. The number of aromatic nitrogens is 2. The van der Waals surface area contributed by atoms with Crippen molar-refractivity contribution in [3.05, 3.63) is 142 Å². The second kappa shape index (κ2) is 13.8. The summed E-state index contributed by atoms with van der Waals surface area (Å²) in [6.45, 7) is 4.90. The van der Waals surface area contributed by atoms with Crippen LogP contribution in [0.4, 0.5) is 0 Å². The molecule has 0 aliphatic carbocycles. The van der Waals surface area contributed by atoms with Crippen LogP contribution in [-0.4, -0.2) is 56.8 Å². The molecular weight excluding hydrogens is 614 g/mol. The molecule has 7 nitrogen and oxygen atoms in total. The van der Waals surface area contributed by atoms with Gasteiger partial charge in [-0.2, -0.15) is 10.1 Å². The lowest BCUT2D eigenvalue weighted by atomic mass is 10.1. The Morgan fingerprint density at radius 1 is 0.804 bits per heavy atom. The van der Waals surface area contributed by atoms with Crippen molar-refractivity contribution >= 4 is 40.5 Å². The highest BCUT2D eigenvalue weighted by Crippen LogP contribution is 2.34. The van der Waals surface area contributed by atoms with Gasteiger partial charge in [-0.1, -0.05) is 72.3 Å². The molecule has 7 rings (SSSR count). The number of amidine groups is 1. The van der Waals surface area contributed by atoms with Crippen molar-refractivity contribution in [3.63, 3.8) is 0 Å². The summed E-state index contributed by atoms with van der Waals surface area (Å²) in [5.41, 5.74) is 5.84. The van der Waals surface area contributed by atoms with E-state index in [1.54, 1.807) is 0 Å². The van der Waals surface area contributed by atoms with Gasteiger partial charge in [0.1, 0.15) is 12.4 Å². The van der Waals surface area contributed by atoms with E-state index in [-0.39, 0.29) is 5.91 Å². The van der Waals surface area contributed by atoms with E-state index >= 15 is 0 Å². The minimum absolute atomic E-state index is 0.212. The SMILES string of the molecule is O=C1N=C(N2CCN(Cc3ccccc3)CC2)SC1=Cc1cn(-c2ccccc2)nc1-c1ccc(OCc2ccc(Cl)cc2)cc1. The Kier molecular flexibility index (Phi) is 9.01. The Morgan fingerprint density at radius 2 is 1.50 bits per heavy atom.